The van der Waals surface area contributed by atoms with Crippen LogP contribution in [0, 0.1) is 0 Å². The Morgan fingerprint density at radius 2 is 2.05 bits per heavy atom. The van der Waals surface area contributed by atoms with Crippen molar-refractivity contribution in [2.75, 3.05) is 0 Å². The maximum atomic E-state index is 12.0. The molecule has 0 saturated heterocycles. The second kappa shape index (κ2) is 6.82. The summed E-state index contributed by atoms with van der Waals surface area (Å²) in [5, 5.41) is 6.50. The van der Waals surface area contributed by atoms with Crippen molar-refractivity contribution >= 4 is 6.09 Å². The van der Waals surface area contributed by atoms with E-state index in [0.717, 1.165) is 0 Å². The van der Waals surface area contributed by atoms with E-state index in [-0.39, 0.29) is 19.5 Å². The van der Waals surface area contributed by atoms with Crippen LogP contribution in [0.3, 0.4) is 0 Å². The van der Waals surface area contributed by atoms with Crippen molar-refractivity contribution in [2.24, 2.45) is 0 Å². The fourth-order valence-corrected chi connectivity index (χ4v) is 1.55. The maximum absolute atomic E-state index is 12.0. The summed E-state index contributed by atoms with van der Waals surface area (Å²) in [5.41, 5.74) is 0.124. The van der Waals surface area contributed by atoms with Crippen LogP contribution in [0.5, 0.6) is 0 Å². The minimum Gasteiger partial charge on any atom is -0.444 e. The molecule has 1 aromatic rings. The highest BCUT2D eigenvalue weighted by atomic mass is 19.4. The molecule has 8 heteroatoms. The van der Waals surface area contributed by atoms with Crippen molar-refractivity contribution < 1.29 is 22.7 Å². The molecule has 1 heterocycles. The van der Waals surface area contributed by atoms with Crippen molar-refractivity contribution in [1.29, 1.82) is 0 Å². The highest BCUT2D eigenvalue weighted by molar-refractivity contribution is 5.67. The number of carbonyl (C=O) groups excluding carboxylic acids is 1. The summed E-state index contributed by atoms with van der Waals surface area (Å²) in [6, 6.07) is 0. The molecule has 0 fully saturated rings. The molecule has 5 nitrogen and oxygen atoms in total. The fraction of sp³-hybridized carbons (Fsp3) is 0.692. The maximum Gasteiger partial charge on any atom is 0.407 e. The molecular formula is C13H20F3N3O2. The molecule has 0 saturated carbocycles. The highest BCUT2D eigenvalue weighted by Crippen LogP contribution is 2.21. The monoisotopic (exact) mass is 307 g/mol. The topological polar surface area (TPSA) is 56.1 Å². The standard InChI is InChI=1S/C13H20F3N3O2/c1-12(2,3)21-11(20)17-7-10-8-18-19(9-10)6-4-5-13(14,15)16/h8-9H,4-7H2,1-3H3,(H,17,20). The Morgan fingerprint density at radius 1 is 1.38 bits per heavy atom. The van der Waals surface area contributed by atoms with E-state index in [4.69, 9.17) is 4.74 Å². The highest BCUT2D eigenvalue weighted by Gasteiger charge is 2.26. The summed E-state index contributed by atoms with van der Waals surface area (Å²) >= 11 is 0. The average molecular weight is 307 g/mol. The molecule has 0 aliphatic rings. The Balaban J connectivity index is 2.33. The largest absolute Gasteiger partial charge is 0.444 e. The van der Waals surface area contributed by atoms with Gasteiger partial charge in [-0.2, -0.15) is 18.3 Å². The number of ether oxygens (including phenoxy) is 1. The molecule has 120 valence electrons. The second-order valence-electron chi connectivity index (χ2n) is 5.69. The number of aryl methyl sites for hydroxylation is 1. The van der Waals surface area contributed by atoms with Gasteiger partial charge in [0, 0.05) is 31.3 Å². The van der Waals surface area contributed by atoms with Crippen LogP contribution in [0.4, 0.5) is 18.0 Å². The second-order valence-corrected chi connectivity index (χ2v) is 5.69. The zero-order valence-electron chi connectivity index (χ0n) is 12.3. The molecule has 0 radical (unpaired) electrons. The van der Waals surface area contributed by atoms with Crippen LogP contribution >= 0.6 is 0 Å². The Bertz CT molecular complexity index is 464. The Kier molecular flexibility index (Phi) is 5.62. The summed E-state index contributed by atoms with van der Waals surface area (Å²) in [7, 11) is 0. The van der Waals surface area contributed by atoms with Crippen LogP contribution in [0.1, 0.15) is 39.2 Å². The quantitative estimate of drug-likeness (QED) is 0.908. The lowest BCUT2D eigenvalue weighted by molar-refractivity contribution is -0.136. The summed E-state index contributed by atoms with van der Waals surface area (Å²) in [6.45, 7) is 5.67. The van der Waals surface area contributed by atoms with Gasteiger partial charge in [-0.25, -0.2) is 4.79 Å². The predicted octanol–water partition coefficient (Wildman–Crippen LogP) is 3.25. The van der Waals surface area contributed by atoms with Gasteiger partial charge in [-0.15, -0.1) is 0 Å². The minimum absolute atomic E-state index is 0.0237. The SMILES string of the molecule is CC(C)(C)OC(=O)NCc1cnn(CCCC(F)(F)F)c1. The Labute approximate surface area is 121 Å². The van der Waals surface area contributed by atoms with Gasteiger partial charge in [0.1, 0.15) is 5.60 Å². The van der Waals surface area contributed by atoms with E-state index in [0.29, 0.717) is 5.56 Å². The number of amides is 1. The number of alkyl halides is 3. The van der Waals surface area contributed by atoms with Gasteiger partial charge in [-0.1, -0.05) is 0 Å². The number of carbonyl (C=O) groups is 1. The van der Waals surface area contributed by atoms with Crippen LogP contribution in [-0.4, -0.2) is 27.7 Å². The van der Waals surface area contributed by atoms with E-state index in [1.54, 1.807) is 27.0 Å². The molecule has 0 aliphatic carbocycles. The van der Waals surface area contributed by atoms with Gasteiger partial charge in [0.2, 0.25) is 0 Å². The average Bonchev–Trinajstić information content (AvgIpc) is 2.70. The third kappa shape index (κ3) is 8.21. The van der Waals surface area contributed by atoms with E-state index >= 15 is 0 Å². The van der Waals surface area contributed by atoms with E-state index in [1.807, 2.05) is 0 Å². The van der Waals surface area contributed by atoms with Crippen molar-refractivity contribution in [3.63, 3.8) is 0 Å². The molecule has 1 amide bonds. The van der Waals surface area contributed by atoms with Crippen molar-refractivity contribution in [1.82, 2.24) is 15.1 Å². The molecule has 0 atom stereocenters. The predicted molar refractivity (Wildman–Crippen MR) is 70.6 cm³/mol. The summed E-state index contributed by atoms with van der Waals surface area (Å²) in [6.07, 6.45) is -2.44. The number of halogens is 3. The van der Waals surface area contributed by atoms with Crippen molar-refractivity contribution in [3.8, 4) is 0 Å². The molecule has 1 rings (SSSR count). The van der Waals surface area contributed by atoms with Gasteiger partial charge in [0.05, 0.1) is 6.20 Å². The number of hydrogen-bond acceptors (Lipinski definition) is 3. The van der Waals surface area contributed by atoms with E-state index in [9.17, 15) is 18.0 Å². The van der Waals surface area contributed by atoms with Crippen LogP contribution in [0.15, 0.2) is 12.4 Å². The lowest BCUT2D eigenvalue weighted by Gasteiger charge is -2.19. The van der Waals surface area contributed by atoms with Gasteiger partial charge >= 0.3 is 12.3 Å². The Hall–Kier alpha value is -1.73. The molecule has 21 heavy (non-hydrogen) atoms. The lowest BCUT2D eigenvalue weighted by Crippen LogP contribution is -2.32. The third-order valence-electron chi connectivity index (χ3n) is 2.37. The zero-order chi connectivity index (χ0) is 16.1. The van der Waals surface area contributed by atoms with Crippen molar-refractivity contribution in [3.05, 3.63) is 18.0 Å². The van der Waals surface area contributed by atoms with E-state index in [1.165, 1.54) is 10.9 Å². The van der Waals surface area contributed by atoms with E-state index in [2.05, 4.69) is 10.4 Å². The van der Waals surface area contributed by atoms with Gasteiger partial charge in [-0.3, -0.25) is 4.68 Å². The number of nitrogens with one attached hydrogen (secondary N) is 1. The first-order valence-electron chi connectivity index (χ1n) is 6.60. The van der Waals surface area contributed by atoms with E-state index < -0.39 is 24.3 Å². The van der Waals surface area contributed by atoms with Crippen LogP contribution in [-0.2, 0) is 17.8 Å². The van der Waals surface area contributed by atoms with Gasteiger partial charge in [-0.05, 0) is 27.2 Å². The first-order valence-corrected chi connectivity index (χ1v) is 6.60. The lowest BCUT2D eigenvalue weighted by atomic mass is 10.2. The summed E-state index contributed by atoms with van der Waals surface area (Å²) in [4.78, 5) is 11.4. The van der Waals surface area contributed by atoms with Crippen molar-refractivity contribution in [2.45, 2.75) is 58.5 Å². The smallest absolute Gasteiger partial charge is 0.407 e. The first-order chi connectivity index (χ1) is 9.55. The number of hydrogen-bond donors (Lipinski definition) is 1. The summed E-state index contributed by atoms with van der Waals surface area (Å²) < 4.78 is 42.5. The molecule has 1 N–H and O–H groups in total. The molecule has 0 aromatic carbocycles. The van der Waals surface area contributed by atoms with Crippen LogP contribution in [0.2, 0.25) is 0 Å². The van der Waals surface area contributed by atoms with Gasteiger partial charge < -0.3 is 10.1 Å². The normalized spacial score (nSPS) is 12.3. The third-order valence-corrected chi connectivity index (χ3v) is 2.37. The minimum atomic E-state index is -4.14. The van der Waals surface area contributed by atoms with Gasteiger partial charge in [0.15, 0.2) is 0 Å². The fourth-order valence-electron chi connectivity index (χ4n) is 1.55. The Morgan fingerprint density at radius 3 is 2.62 bits per heavy atom. The van der Waals surface area contributed by atoms with Gasteiger partial charge in [0.25, 0.3) is 0 Å². The molecule has 1 aromatic heterocycles. The molecule has 0 unspecified atom stereocenters. The number of rotatable bonds is 5. The number of aromatic nitrogens is 2. The number of nitrogens with zero attached hydrogens (tertiary/aromatic N) is 2. The van der Waals surface area contributed by atoms with Crippen LogP contribution in [0.25, 0.3) is 0 Å². The molecule has 0 aliphatic heterocycles. The zero-order valence-corrected chi connectivity index (χ0v) is 12.3. The van der Waals surface area contributed by atoms with Crippen LogP contribution < -0.4 is 5.32 Å². The number of alkyl carbamates (subject to hydrolysis) is 1. The first kappa shape index (κ1) is 17.3. The molecule has 0 spiro atoms. The summed E-state index contributed by atoms with van der Waals surface area (Å²) in [5.74, 6) is 0. The molecule has 0 bridgehead atoms. The molecular weight excluding hydrogens is 287 g/mol.